The number of hydrogen-bond acceptors (Lipinski definition) is 2. The molecule has 4 aliphatic rings. The lowest BCUT2D eigenvalue weighted by molar-refractivity contribution is -0.0561. The van der Waals surface area contributed by atoms with Crippen molar-refractivity contribution in [3.05, 3.63) is 0 Å². The summed E-state index contributed by atoms with van der Waals surface area (Å²) in [6.07, 6.45) is 9.96. The Hall–Kier alpha value is 0.200. The minimum atomic E-state index is -3.11. The first-order valence-corrected chi connectivity index (χ1v) is 10.2. The summed E-state index contributed by atoms with van der Waals surface area (Å²) < 4.78 is 26.4. The van der Waals surface area contributed by atoms with Crippen LogP contribution in [0.3, 0.4) is 0 Å². The molecule has 3 nitrogen and oxygen atoms in total. The van der Waals surface area contributed by atoms with Gasteiger partial charge >= 0.3 is 0 Å². The molecule has 0 unspecified atom stereocenters. The van der Waals surface area contributed by atoms with E-state index in [1.165, 1.54) is 38.5 Å². The van der Waals surface area contributed by atoms with E-state index < -0.39 is 10.0 Å². The lowest BCUT2D eigenvalue weighted by atomic mass is 9.49. The maximum atomic E-state index is 11.8. The topological polar surface area (TPSA) is 46.2 Å². The van der Waals surface area contributed by atoms with Crippen molar-refractivity contribution in [2.24, 2.45) is 23.2 Å². The molecule has 4 saturated carbocycles. The van der Waals surface area contributed by atoms with Crippen LogP contribution in [-0.4, -0.2) is 26.6 Å². The van der Waals surface area contributed by atoms with Gasteiger partial charge in [-0.1, -0.05) is 0 Å². The standard InChI is InChI=1S/C15H26ClNO2S/c16-3-1-5-20(18,19)17-4-2-15-9-12-6-13(10-15)8-14(7-12)11-15/h12-14,17H,1-11H2. The molecule has 0 radical (unpaired) electrons. The predicted molar refractivity (Wildman–Crippen MR) is 82.3 cm³/mol. The second-order valence-electron chi connectivity index (χ2n) is 7.42. The van der Waals surface area contributed by atoms with Crippen molar-refractivity contribution in [3.8, 4) is 0 Å². The molecule has 4 rings (SSSR count). The summed E-state index contributed by atoms with van der Waals surface area (Å²) in [4.78, 5) is 0. The monoisotopic (exact) mass is 319 g/mol. The smallest absolute Gasteiger partial charge is 0.211 e. The van der Waals surface area contributed by atoms with Gasteiger partial charge < -0.3 is 0 Å². The largest absolute Gasteiger partial charge is 0.215 e. The molecule has 0 aliphatic heterocycles. The maximum absolute atomic E-state index is 11.8. The molecule has 0 aromatic rings. The fourth-order valence-electron chi connectivity index (χ4n) is 5.38. The number of sulfonamides is 1. The van der Waals surface area contributed by atoms with Crippen LogP contribution in [0.5, 0.6) is 0 Å². The Balaban J connectivity index is 1.51. The highest BCUT2D eigenvalue weighted by Gasteiger charge is 2.50. The number of halogens is 1. The van der Waals surface area contributed by atoms with Crippen LogP contribution in [0, 0.1) is 23.2 Å². The molecule has 0 amide bonds. The van der Waals surface area contributed by atoms with Crippen LogP contribution in [-0.2, 0) is 10.0 Å². The van der Waals surface area contributed by atoms with Crippen LogP contribution in [0.4, 0.5) is 0 Å². The minimum absolute atomic E-state index is 0.164. The van der Waals surface area contributed by atoms with E-state index in [0.29, 0.717) is 24.3 Å². The van der Waals surface area contributed by atoms with Crippen LogP contribution in [0.25, 0.3) is 0 Å². The second-order valence-corrected chi connectivity index (χ2v) is 9.73. The molecule has 0 saturated heterocycles. The molecule has 4 aliphatic carbocycles. The van der Waals surface area contributed by atoms with E-state index in [2.05, 4.69) is 4.72 Å². The van der Waals surface area contributed by atoms with E-state index in [1.807, 2.05) is 0 Å². The predicted octanol–water partition coefficient (Wildman–Crippen LogP) is 3.14. The van der Waals surface area contributed by atoms with Gasteiger partial charge in [-0.2, -0.15) is 0 Å². The maximum Gasteiger partial charge on any atom is 0.211 e. The Kier molecular flexibility index (Phi) is 4.36. The van der Waals surface area contributed by atoms with Gasteiger partial charge in [0, 0.05) is 12.4 Å². The summed E-state index contributed by atoms with van der Waals surface area (Å²) in [5.74, 6) is 3.39. The number of nitrogens with one attached hydrogen (secondary N) is 1. The lowest BCUT2D eigenvalue weighted by Crippen LogP contribution is -2.47. The highest BCUT2D eigenvalue weighted by atomic mass is 35.5. The third-order valence-electron chi connectivity index (χ3n) is 5.69. The van der Waals surface area contributed by atoms with E-state index in [-0.39, 0.29) is 5.75 Å². The van der Waals surface area contributed by atoms with Gasteiger partial charge in [0.1, 0.15) is 0 Å². The van der Waals surface area contributed by atoms with Crippen molar-refractivity contribution in [2.75, 3.05) is 18.2 Å². The normalized spacial score (nSPS) is 39.4. The summed E-state index contributed by atoms with van der Waals surface area (Å²) in [6.45, 7) is 0.622. The molecular weight excluding hydrogens is 294 g/mol. The third-order valence-corrected chi connectivity index (χ3v) is 7.43. The number of alkyl halides is 1. The molecule has 116 valence electrons. The van der Waals surface area contributed by atoms with E-state index in [1.54, 1.807) is 0 Å². The van der Waals surface area contributed by atoms with E-state index in [9.17, 15) is 8.42 Å². The number of rotatable bonds is 7. The SMILES string of the molecule is O=S(=O)(CCCCl)NCCC12CC3CC(CC(C3)C1)C2. The van der Waals surface area contributed by atoms with Crippen molar-refractivity contribution >= 4 is 21.6 Å². The molecule has 0 aromatic heterocycles. The van der Waals surface area contributed by atoms with Crippen molar-refractivity contribution < 1.29 is 8.42 Å². The molecule has 0 spiro atoms. The van der Waals surface area contributed by atoms with Crippen molar-refractivity contribution in [3.63, 3.8) is 0 Å². The van der Waals surface area contributed by atoms with Crippen LogP contribution in [0.15, 0.2) is 0 Å². The van der Waals surface area contributed by atoms with Crippen molar-refractivity contribution in [1.82, 2.24) is 4.72 Å². The molecule has 0 atom stereocenters. The van der Waals surface area contributed by atoms with Crippen LogP contribution in [0.2, 0.25) is 0 Å². The highest BCUT2D eigenvalue weighted by molar-refractivity contribution is 7.89. The first-order chi connectivity index (χ1) is 9.50. The molecule has 0 aromatic carbocycles. The van der Waals surface area contributed by atoms with Crippen molar-refractivity contribution in [1.29, 1.82) is 0 Å². The lowest BCUT2D eigenvalue weighted by Gasteiger charge is -2.57. The zero-order chi connectivity index (χ0) is 14.2. The van der Waals surface area contributed by atoms with Crippen LogP contribution in [0.1, 0.15) is 51.4 Å². The molecule has 5 heteroatoms. The Labute approximate surface area is 127 Å². The quantitative estimate of drug-likeness (QED) is 0.733. The van der Waals surface area contributed by atoms with Crippen LogP contribution >= 0.6 is 11.6 Å². The summed E-state index contributed by atoms with van der Waals surface area (Å²) in [5, 5.41) is 0. The summed E-state index contributed by atoms with van der Waals surface area (Å²) in [7, 11) is -3.11. The average Bonchev–Trinajstić information content (AvgIpc) is 2.34. The first kappa shape index (κ1) is 15.1. The van der Waals surface area contributed by atoms with Gasteiger partial charge in [0.15, 0.2) is 0 Å². The van der Waals surface area contributed by atoms with Gasteiger partial charge in [-0.3, -0.25) is 0 Å². The Morgan fingerprint density at radius 3 is 2.10 bits per heavy atom. The van der Waals surface area contributed by atoms with Gasteiger partial charge in [0.05, 0.1) is 5.75 Å². The zero-order valence-electron chi connectivity index (χ0n) is 12.1. The Morgan fingerprint density at radius 2 is 1.60 bits per heavy atom. The fourth-order valence-corrected chi connectivity index (χ4v) is 6.76. The van der Waals surface area contributed by atoms with E-state index >= 15 is 0 Å². The molecule has 1 N–H and O–H groups in total. The van der Waals surface area contributed by atoms with E-state index in [4.69, 9.17) is 11.6 Å². The van der Waals surface area contributed by atoms with Gasteiger partial charge in [0.2, 0.25) is 10.0 Å². The van der Waals surface area contributed by atoms with Gasteiger partial charge in [-0.05, 0) is 74.5 Å². The zero-order valence-corrected chi connectivity index (χ0v) is 13.7. The summed E-state index contributed by atoms with van der Waals surface area (Å²) in [5.41, 5.74) is 0.462. The number of hydrogen-bond donors (Lipinski definition) is 1. The molecule has 0 heterocycles. The Morgan fingerprint density at radius 1 is 1.05 bits per heavy atom. The minimum Gasteiger partial charge on any atom is -0.215 e. The summed E-state index contributed by atoms with van der Waals surface area (Å²) in [6, 6.07) is 0. The average molecular weight is 320 g/mol. The molecular formula is C15H26ClNO2S. The molecule has 20 heavy (non-hydrogen) atoms. The van der Waals surface area contributed by atoms with E-state index in [0.717, 1.165) is 24.2 Å². The Bertz CT molecular complexity index is 414. The molecule has 4 bridgehead atoms. The second kappa shape index (κ2) is 5.77. The third kappa shape index (κ3) is 3.33. The summed E-state index contributed by atoms with van der Waals surface area (Å²) >= 11 is 5.56. The first-order valence-electron chi connectivity index (χ1n) is 8.04. The van der Waals surface area contributed by atoms with Crippen molar-refractivity contribution in [2.45, 2.75) is 51.4 Å². The van der Waals surface area contributed by atoms with Gasteiger partial charge in [-0.15, -0.1) is 11.6 Å². The van der Waals surface area contributed by atoms with Gasteiger partial charge in [-0.25, -0.2) is 13.1 Å². The molecule has 4 fully saturated rings. The van der Waals surface area contributed by atoms with Crippen LogP contribution < -0.4 is 4.72 Å². The fraction of sp³-hybridized carbons (Fsp3) is 1.00. The highest BCUT2D eigenvalue weighted by Crippen LogP contribution is 2.61. The van der Waals surface area contributed by atoms with Gasteiger partial charge in [0.25, 0.3) is 0 Å².